The number of nitrogens with zero attached hydrogens (tertiary/aromatic N) is 2. The van der Waals surface area contributed by atoms with Crippen molar-refractivity contribution < 1.29 is 14.3 Å². The summed E-state index contributed by atoms with van der Waals surface area (Å²) in [4.78, 5) is 18.2. The zero-order valence-electron chi connectivity index (χ0n) is 11.9. The summed E-state index contributed by atoms with van der Waals surface area (Å²) in [6, 6.07) is -0.0849. The molecule has 1 unspecified atom stereocenters. The van der Waals surface area contributed by atoms with E-state index in [0.717, 1.165) is 17.8 Å². The lowest BCUT2D eigenvalue weighted by atomic mass is 10.2. The van der Waals surface area contributed by atoms with Gasteiger partial charge in [0.05, 0.1) is 25.8 Å². The van der Waals surface area contributed by atoms with Crippen molar-refractivity contribution in [3.8, 4) is 0 Å². The Bertz CT molecular complexity index is 446. The van der Waals surface area contributed by atoms with Crippen LogP contribution in [0.5, 0.6) is 0 Å². The number of ether oxygens (including phenoxy) is 2. The smallest absolute Gasteiger partial charge is 0.273 e. The van der Waals surface area contributed by atoms with Gasteiger partial charge in [-0.2, -0.15) is 0 Å². The third-order valence-electron chi connectivity index (χ3n) is 3.12. The summed E-state index contributed by atoms with van der Waals surface area (Å²) in [5, 5.41) is 2.58. The van der Waals surface area contributed by atoms with Gasteiger partial charge in [0.1, 0.15) is 10.7 Å². The second kappa shape index (κ2) is 7.12. The Morgan fingerprint density at radius 3 is 2.95 bits per heavy atom. The van der Waals surface area contributed by atoms with Gasteiger partial charge >= 0.3 is 0 Å². The molecule has 7 heteroatoms. The maximum atomic E-state index is 12.2. The number of amides is 1. The van der Waals surface area contributed by atoms with Gasteiger partial charge in [0.2, 0.25) is 0 Å². The van der Waals surface area contributed by atoms with E-state index in [0.29, 0.717) is 25.5 Å². The molecule has 1 aliphatic rings. The van der Waals surface area contributed by atoms with Gasteiger partial charge in [-0.3, -0.25) is 4.79 Å². The van der Waals surface area contributed by atoms with Gasteiger partial charge in [-0.05, 0) is 6.42 Å². The molecule has 0 bridgehead atoms. The molecular formula is C13H21N3O3S. The molecule has 1 saturated heterocycles. The second-order valence-corrected chi connectivity index (χ2v) is 5.71. The van der Waals surface area contributed by atoms with E-state index in [-0.39, 0.29) is 18.2 Å². The quantitative estimate of drug-likeness (QED) is 0.859. The summed E-state index contributed by atoms with van der Waals surface area (Å²) < 4.78 is 10.7. The number of carbonyl (C=O) groups is 1. The molecule has 1 aromatic rings. The molecule has 0 aromatic carbocycles. The Kier molecular flexibility index (Phi) is 5.47. The average molecular weight is 299 g/mol. The number of rotatable bonds is 6. The highest BCUT2D eigenvalue weighted by Crippen LogP contribution is 2.21. The van der Waals surface area contributed by atoms with Crippen molar-refractivity contribution in [2.45, 2.75) is 32.1 Å². The van der Waals surface area contributed by atoms with Crippen molar-refractivity contribution in [2.75, 3.05) is 26.8 Å². The van der Waals surface area contributed by atoms with Crippen LogP contribution in [-0.4, -0.2) is 48.9 Å². The van der Waals surface area contributed by atoms with Crippen LogP contribution < -0.4 is 5.73 Å². The van der Waals surface area contributed by atoms with Crippen LogP contribution in [-0.2, 0) is 9.47 Å². The van der Waals surface area contributed by atoms with Crippen molar-refractivity contribution in [3.63, 3.8) is 0 Å². The minimum absolute atomic E-state index is 0.0849. The number of hydrogen-bond donors (Lipinski definition) is 1. The molecule has 0 saturated carbocycles. The fourth-order valence-corrected chi connectivity index (χ4v) is 2.83. The highest BCUT2D eigenvalue weighted by atomic mass is 32.1. The van der Waals surface area contributed by atoms with Crippen LogP contribution in [0.15, 0.2) is 5.38 Å². The number of likely N-dealkylation sites (N-methyl/N-ethyl adjacent to an activating group) is 1. The van der Waals surface area contributed by atoms with Crippen molar-refractivity contribution in [1.82, 2.24) is 9.88 Å². The molecule has 1 amide bonds. The molecule has 0 aliphatic carbocycles. The number of nitrogens with two attached hydrogens (primary N) is 1. The van der Waals surface area contributed by atoms with E-state index in [9.17, 15) is 4.79 Å². The average Bonchev–Trinajstić information content (AvgIpc) is 3.09. The standard InChI is InChI=1S/C13H21N3O3S/c1-3-4-9(14)12-15-10(8-20-12)13(17)16(2)7-11-18-5-6-19-11/h8-9,11H,3-7,14H2,1-2H3. The Morgan fingerprint density at radius 2 is 2.30 bits per heavy atom. The van der Waals surface area contributed by atoms with Crippen molar-refractivity contribution in [2.24, 2.45) is 5.73 Å². The number of aromatic nitrogens is 1. The monoisotopic (exact) mass is 299 g/mol. The molecule has 1 fully saturated rings. The van der Waals surface area contributed by atoms with Crippen LogP contribution in [0.25, 0.3) is 0 Å². The van der Waals surface area contributed by atoms with Gasteiger partial charge in [-0.15, -0.1) is 11.3 Å². The predicted octanol–water partition coefficient (Wildman–Crippen LogP) is 1.39. The van der Waals surface area contributed by atoms with E-state index in [2.05, 4.69) is 11.9 Å². The highest BCUT2D eigenvalue weighted by Gasteiger charge is 2.23. The third kappa shape index (κ3) is 3.76. The molecule has 6 nitrogen and oxygen atoms in total. The summed E-state index contributed by atoms with van der Waals surface area (Å²) in [5.74, 6) is -0.129. The molecule has 0 spiro atoms. The lowest BCUT2D eigenvalue weighted by Gasteiger charge is -2.19. The Morgan fingerprint density at radius 1 is 1.60 bits per heavy atom. The first-order chi connectivity index (χ1) is 9.61. The van der Waals surface area contributed by atoms with Crippen molar-refractivity contribution in [1.29, 1.82) is 0 Å². The maximum absolute atomic E-state index is 12.2. The lowest BCUT2D eigenvalue weighted by molar-refractivity contribution is -0.0543. The molecule has 20 heavy (non-hydrogen) atoms. The predicted molar refractivity (Wildman–Crippen MR) is 76.6 cm³/mol. The molecule has 112 valence electrons. The maximum Gasteiger partial charge on any atom is 0.273 e. The summed E-state index contributed by atoms with van der Waals surface area (Å²) in [6.45, 7) is 3.65. The fraction of sp³-hybridized carbons (Fsp3) is 0.692. The van der Waals surface area contributed by atoms with Gasteiger partial charge in [0.25, 0.3) is 5.91 Å². The lowest BCUT2D eigenvalue weighted by Crippen LogP contribution is -2.35. The van der Waals surface area contributed by atoms with Gasteiger partial charge < -0.3 is 20.1 Å². The molecule has 2 rings (SSSR count). The molecule has 1 aromatic heterocycles. The normalized spacial score (nSPS) is 17.4. The largest absolute Gasteiger partial charge is 0.348 e. The Labute approximate surface area is 122 Å². The minimum Gasteiger partial charge on any atom is -0.348 e. The van der Waals surface area contributed by atoms with Crippen LogP contribution in [0.1, 0.15) is 41.3 Å². The summed E-state index contributed by atoms with van der Waals surface area (Å²) in [5.41, 5.74) is 6.45. The zero-order valence-corrected chi connectivity index (χ0v) is 12.7. The molecule has 0 radical (unpaired) electrons. The van der Waals surface area contributed by atoms with Crippen LogP contribution in [0.3, 0.4) is 0 Å². The molecular weight excluding hydrogens is 278 g/mol. The van der Waals surface area contributed by atoms with Crippen molar-refractivity contribution >= 4 is 17.2 Å². The van der Waals surface area contributed by atoms with E-state index in [1.165, 1.54) is 11.3 Å². The summed E-state index contributed by atoms with van der Waals surface area (Å²) in [6.07, 6.45) is 1.55. The zero-order chi connectivity index (χ0) is 14.5. The fourth-order valence-electron chi connectivity index (χ4n) is 2.01. The highest BCUT2D eigenvalue weighted by molar-refractivity contribution is 7.09. The topological polar surface area (TPSA) is 77.7 Å². The molecule has 2 heterocycles. The van der Waals surface area contributed by atoms with Gasteiger partial charge in [0.15, 0.2) is 6.29 Å². The van der Waals surface area contributed by atoms with E-state index in [1.54, 1.807) is 17.3 Å². The summed E-state index contributed by atoms with van der Waals surface area (Å²) >= 11 is 1.44. The van der Waals surface area contributed by atoms with Gasteiger partial charge in [-0.25, -0.2) is 4.98 Å². The Hall–Kier alpha value is -1.02. The SMILES string of the molecule is CCCC(N)c1nc(C(=O)N(C)CC2OCCO2)cs1. The van der Waals surface area contributed by atoms with Gasteiger partial charge in [-0.1, -0.05) is 13.3 Å². The third-order valence-corrected chi connectivity index (χ3v) is 4.10. The number of hydrogen-bond acceptors (Lipinski definition) is 6. The minimum atomic E-state index is -0.329. The van der Waals surface area contributed by atoms with E-state index >= 15 is 0 Å². The van der Waals surface area contributed by atoms with E-state index in [1.807, 2.05) is 0 Å². The van der Waals surface area contributed by atoms with Crippen molar-refractivity contribution in [3.05, 3.63) is 16.1 Å². The van der Waals surface area contributed by atoms with Crippen LogP contribution in [0, 0.1) is 0 Å². The van der Waals surface area contributed by atoms with Crippen LogP contribution >= 0.6 is 11.3 Å². The van der Waals surface area contributed by atoms with Crippen LogP contribution in [0.2, 0.25) is 0 Å². The van der Waals surface area contributed by atoms with E-state index < -0.39 is 0 Å². The number of thiazole rings is 1. The summed E-state index contributed by atoms with van der Waals surface area (Å²) in [7, 11) is 1.72. The second-order valence-electron chi connectivity index (χ2n) is 4.82. The molecule has 1 atom stereocenters. The Balaban J connectivity index is 1.94. The first-order valence-corrected chi connectivity index (χ1v) is 7.69. The van der Waals surface area contributed by atoms with Gasteiger partial charge in [0, 0.05) is 12.4 Å². The first kappa shape index (κ1) is 15.4. The molecule has 2 N–H and O–H groups in total. The number of carbonyl (C=O) groups excluding carboxylic acids is 1. The first-order valence-electron chi connectivity index (χ1n) is 6.81. The molecule has 1 aliphatic heterocycles. The van der Waals surface area contributed by atoms with E-state index in [4.69, 9.17) is 15.2 Å². The van der Waals surface area contributed by atoms with Crippen LogP contribution in [0.4, 0.5) is 0 Å².